The summed E-state index contributed by atoms with van der Waals surface area (Å²) in [5, 5.41) is 1.14. The molecule has 2 aromatic rings. The van der Waals surface area contributed by atoms with E-state index in [4.69, 9.17) is 4.74 Å². The van der Waals surface area contributed by atoms with Crippen LogP contribution in [0.2, 0.25) is 0 Å². The Balaban J connectivity index is 1.87. The van der Waals surface area contributed by atoms with Crippen LogP contribution in [0.5, 0.6) is 5.75 Å². The van der Waals surface area contributed by atoms with Crippen LogP contribution in [0.3, 0.4) is 0 Å². The van der Waals surface area contributed by atoms with Crippen molar-refractivity contribution < 1.29 is 17.5 Å². The standard InChI is InChI=1S/C16H13FO3S/c1-11-2-5-14(6-3-11)20-9-12-10-21(18,19)16-7-4-13(17)8-15(12)16/h2-8,10H,9H2,1H3. The highest BCUT2D eigenvalue weighted by Gasteiger charge is 2.27. The van der Waals surface area contributed by atoms with Crippen molar-refractivity contribution in [3.8, 4) is 5.75 Å². The van der Waals surface area contributed by atoms with Gasteiger partial charge in [-0.05, 0) is 37.3 Å². The molecule has 1 aliphatic heterocycles. The molecule has 5 heteroatoms. The van der Waals surface area contributed by atoms with E-state index in [0.717, 1.165) is 17.0 Å². The molecule has 0 saturated carbocycles. The number of hydrogen-bond acceptors (Lipinski definition) is 3. The Bertz CT molecular complexity index is 821. The average molecular weight is 304 g/mol. The van der Waals surface area contributed by atoms with Gasteiger partial charge in [-0.25, -0.2) is 12.8 Å². The van der Waals surface area contributed by atoms with Gasteiger partial charge in [0.15, 0.2) is 0 Å². The van der Waals surface area contributed by atoms with E-state index in [1.54, 1.807) is 0 Å². The molecule has 0 aliphatic carbocycles. The van der Waals surface area contributed by atoms with E-state index in [1.807, 2.05) is 31.2 Å². The van der Waals surface area contributed by atoms with E-state index in [1.165, 1.54) is 12.1 Å². The Labute approximate surface area is 122 Å². The first kappa shape index (κ1) is 13.8. The summed E-state index contributed by atoms with van der Waals surface area (Å²) < 4.78 is 42.9. The maximum absolute atomic E-state index is 13.3. The lowest BCUT2D eigenvalue weighted by Gasteiger charge is -2.08. The van der Waals surface area contributed by atoms with Crippen LogP contribution < -0.4 is 4.74 Å². The van der Waals surface area contributed by atoms with Crippen molar-refractivity contribution in [1.82, 2.24) is 0 Å². The molecular formula is C16H13FO3S. The van der Waals surface area contributed by atoms with E-state index >= 15 is 0 Å². The van der Waals surface area contributed by atoms with Crippen molar-refractivity contribution in [3.05, 3.63) is 64.8 Å². The molecule has 1 heterocycles. The first-order valence-corrected chi connectivity index (χ1v) is 7.95. The fourth-order valence-electron chi connectivity index (χ4n) is 2.22. The van der Waals surface area contributed by atoms with Gasteiger partial charge in [-0.1, -0.05) is 17.7 Å². The summed E-state index contributed by atoms with van der Waals surface area (Å²) in [7, 11) is -3.49. The van der Waals surface area contributed by atoms with Crippen LogP contribution in [0.25, 0.3) is 5.57 Å². The highest BCUT2D eigenvalue weighted by Crippen LogP contribution is 2.34. The summed E-state index contributed by atoms with van der Waals surface area (Å²) in [5.41, 5.74) is 1.95. The van der Waals surface area contributed by atoms with Crippen LogP contribution >= 0.6 is 0 Å². The summed E-state index contributed by atoms with van der Waals surface area (Å²) in [4.78, 5) is 0.131. The summed E-state index contributed by atoms with van der Waals surface area (Å²) >= 11 is 0. The highest BCUT2D eigenvalue weighted by atomic mass is 32.2. The van der Waals surface area contributed by atoms with Gasteiger partial charge in [0.05, 0.1) is 4.90 Å². The van der Waals surface area contributed by atoms with Crippen LogP contribution in [-0.4, -0.2) is 15.0 Å². The number of halogens is 1. The predicted molar refractivity (Wildman–Crippen MR) is 78.2 cm³/mol. The van der Waals surface area contributed by atoms with Crippen molar-refractivity contribution in [2.45, 2.75) is 11.8 Å². The van der Waals surface area contributed by atoms with Crippen molar-refractivity contribution in [2.24, 2.45) is 0 Å². The lowest BCUT2D eigenvalue weighted by atomic mass is 10.1. The molecule has 2 aromatic carbocycles. The molecule has 0 bridgehead atoms. The summed E-state index contributed by atoms with van der Waals surface area (Å²) in [6.45, 7) is 2.05. The summed E-state index contributed by atoms with van der Waals surface area (Å²) in [6, 6.07) is 11.1. The third kappa shape index (κ3) is 2.69. The quantitative estimate of drug-likeness (QED) is 0.817. The van der Waals surface area contributed by atoms with E-state index < -0.39 is 15.7 Å². The lowest BCUT2D eigenvalue weighted by molar-refractivity contribution is 0.369. The van der Waals surface area contributed by atoms with Gasteiger partial charge in [0, 0.05) is 16.5 Å². The van der Waals surface area contributed by atoms with Crippen LogP contribution in [-0.2, 0) is 9.84 Å². The van der Waals surface area contributed by atoms with Crippen LogP contribution in [0.1, 0.15) is 11.1 Å². The number of ether oxygens (including phenoxy) is 1. The minimum atomic E-state index is -3.49. The van der Waals surface area contributed by atoms with Gasteiger partial charge in [0.25, 0.3) is 0 Å². The molecule has 0 fully saturated rings. The predicted octanol–water partition coefficient (Wildman–Crippen LogP) is 3.34. The minimum absolute atomic E-state index is 0.0821. The average Bonchev–Trinajstić information content (AvgIpc) is 2.69. The third-order valence-corrected chi connectivity index (χ3v) is 4.87. The first-order chi connectivity index (χ1) is 9.95. The summed E-state index contributed by atoms with van der Waals surface area (Å²) in [5.74, 6) is 0.177. The maximum atomic E-state index is 13.3. The molecule has 108 valence electrons. The monoisotopic (exact) mass is 304 g/mol. The second-order valence-electron chi connectivity index (χ2n) is 4.93. The van der Waals surface area contributed by atoms with Gasteiger partial charge in [0.1, 0.15) is 18.2 Å². The van der Waals surface area contributed by atoms with Crippen molar-refractivity contribution in [3.63, 3.8) is 0 Å². The summed E-state index contributed by atoms with van der Waals surface area (Å²) in [6.07, 6.45) is 0. The van der Waals surface area contributed by atoms with E-state index in [0.29, 0.717) is 16.9 Å². The zero-order chi connectivity index (χ0) is 15.0. The number of benzene rings is 2. The van der Waals surface area contributed by atoms with Crippen LogP contribution in [0.15, 0.2) is 52.8 Å². The SMILES string of the molecule is Cc1ccc(OCC2=CS(=O)(=O)c3ccc(F)cc32)cc1. The van der Waals surface area contributed by atoms with Crippen molar-refractivity contribution >= 4 is 15.4 Å². The Kier molecular flexibility index (Phi) is 3.29. The molecule has 1 aliphatic rings. The van der Waals surface area contributed by atoms with Gasteiger partial charge in [-0.2, -0.15) is 0 Å². The van der Waals surface area contributed by atoms with Gasteiger partial charge >= 0.3 is 0 Å². The van der Waals surface area contributed by atoms with Gasteiger partial charge in [0.2, 0.25) is 9.84 Å². The zero-order valence-electron chi connectivity index (χ0n) is 11.3. The molecule has 21 heavy (non-hydrogen) atoms. The van der Waals surface area contributed by atoms with Gasteiger partial charge in [-0.3, -0.25) is 0 Å². The maximum Gasteiger partial charge on any atom is 0.200 e. The Morgan fingerprint density at radius 1 is 1.10 bits per heavy atom. The molecule has 0 atom stereocenters. The number of sulfone groups is 1. The number of rotatable bonds is 3. The number of fused-ring (bicyclic) bond motifs is 1. The Morgan fingerprint density at radius 2 is 1.81 bits per heavy atom. The molecule has 0 saturated heterocycles. The normalized spacial score (nSPS) is 15.4. The van der Waals surface area contributed by atoms with E-state index in [9.17, 15) is 12.8 Å². The van der Waals surface area contributed by atoms with Crippen molar-refractivity contribution in [1.29, 1.82) is 0 Å². The minimum Gasteiger partial charge on any atom is -0.489 e. The second kappa shape index (κ2) is 5.00. The van der Waals surface area contributed by atoms with E-state index in [2.05, 4.69) is 0 Å². The molecule has 0 aromatic heterocycles. The highest BCUT2D eigenvalue weighted by molar-refractivity contribution is 7.95. The lowest BCUT2D eigenvalue weighted by Crippen LogP contribution is -2.00. The molecule has 3 rings (SSSR count). The van der Waals surface area contributed by atoms with Crippen molar-refractivity contribution in [2.75, 3.05) is 6.61 Å². The van der Waals surface area contributed by atoms with Crippen LogP contribution in [0.4, 0.5) is 4.39 Å². The fourth-order valence-corrected chi connectivity index (χ4v) is 3.67. The molecule has 0 radical (unpaired) electrons. The topological polar surface area (TPSA) is 43.4 Å². The van der Waals surface area contributed by atoms with Gasteiger partial charge < -0.3 is 4.74 Å². The molecule has 0 amide bonds. The smallest absolute Gasteiger partial charge is 0.200 e. The second-order valence-corrected chi connectivity index (χ2v) is 6.70. The van der Waals surface area contributed by atoms with Crippen LogP contribution in [0, 0.1) is 12.7 Å². The first-order valence-electron chi connectivity index (χ1n) is 6.41. The third-order valence-electron chi connectivity index (χ3n) is 3.31. The Hall–Kier alpha value is -2.14. The molecule has 0 unspecified atom stereocenters. The molecule has 0 spiro atoms. The zero-order valence-corrected chi connectivity index (χ0v) is 12.2. The van der Waals surface area contributed by atoms with E-state index in [-0.39, 0.29) is 11.5 Å². The number of aryl methyl sites for hydroxylation is 1. The number of hydrogen-bond donors (Lipinski definition) is 0. The molecule has 0 N–H and O–H groups in total. The fraction of sp³-hybridized carbons (Fsp3) is 0.125. The van der Waals surface area contributed by atoms with Gasteiger partial charge in [-0.15, -0.1) is 0 Å². The molecule has 3 nitrogen and oxygen atoms in total. The molecular weight excluding hydrogens is 291 g/mol. The largest absolute Gasteiger partial charge is 0.489 e. The Morgan fingerprint density at radius 3 is 2.52 bits per heavy atom.